The second kappa shape index (κ2) is 13.2. The molecule has 2 atom stereocenters. The zero-order chi connectivity index (χ0) is 25.1. The second-order valence-electron chi connectivity index (χ2n) is 8.24. The molecule has 1 aromatic carbocycles. The second-order valence-corrected chi connectivity index (χ2v) is 10.00. The van der Waals surface area contributed by atoms with Gasteiger partial charge in [0.1, 0.15) is 6.04 Å². The van der Waals surface area contributed by atoms with Gasteiger partial charge in [-0.2, -0.15) is 0 Å². The number of Topliss-reactive ketones (excluding diaryl/α,β-unsaturated/α-hetero) is 1. The number of carbonyl (C=O) groups is 4. The van der Waals surface area contributed by atoms with Gasteiger partial charge in [-0.3, -0.25) is 14.4 Å². The highest BCUT2D eigenvalue weighted by Crippen LogP contribution is 2.15. The lowest BCUT2D eigenvalue weighted by atomic mass is 10.1. The monoisotopic (exact) mass is 496 g/mol. The van der Waals surface area contributed by atoms with E-state index in [-0.39, 0.29) is 18.7 Å². The van der Waals surface area contributed by atoms with Crippen LogP contribution in [0, 0.1) is 0 Å². The van der Waals surface area contributed by atoms with Crippen molar-refractivity contribution in [2.75, 3.05) is 19.6 Å². The molecule has 1 aliphatic rings. The lowest BCUT2D eigenvalue weighted by Gasteiger charge is -2.25. The average molecular weight is 497 g/mol. The van der Waals surface area contributed by atoms with Gasteiger partial charge in [-0.25, -0.2) is 17.9 Å². The maximum absolute atomic E-state index is 13.0. The van der Waals surface area contributed by atoms with E-state index >= 15 is 0 Å². The van der Waals surface area contributed by atoms with E-state index in [0.717, 1.165) is 0 Å². The molecule has 0 aliphatic carbocycles. The number of amides is 2. The molecule has 0 unspecified atom stereocenters. The minimum Gasteiger partial charge on any atom is -0.475 e. The summed E-state index contributed by atoms with van der Waals surface area (Å²) in [6, 6.07) is 6.33. The fourth-order valence-corrected chi connectivity index (χ4v) is 5.11. The lowest BCUT2D eigenvalue weighted by molar-refractivity contribution is -0.150. The van der Waals surface area contributed by atoms with Crippen LogP contribution >= 0.6 is 0 Å². The van der Waals surface area contributed by atoms with Crippen LogP contribution in [0.2, 0.25) is 0 Å². The summed E-state index contributed by atoms with van der Waals surface area (Å²) in [5, 5.41) is 11.4. The smallest absolute Gasteiger partial charge is 0.374 e. The molecule has 1 aliphatic heterocycles. The molecule has 12 heteroatoms. The van der Waals surface area contributed by atoms with Crippen LogP contribution in [-0.4, -0.2) is 73.7 Å². The summed E-state index contributed by atoms with van der Waals surface area (Å²) in [4.78, 5) is 49.8. The van der Waals surface area contributed by atoms with Gasteiger partial charge in [0, 0.05) is 6.54 Å². The molecule has 188 valence electrons. The molecular weight excluding hydrogens is 464 g/mol. The molecule has 0 bridgehead atoms. The highest BCUT2D eigenvalue weighted by atomic mass is 32.2. The van der Waals surface area contributed by atoms with Crippen LogP contribution in [0.4, 0.5) is 0 Å². The number of unbranched alkanes of at least 4 members (excludes halogenated alkanes) is 1. The number of ketones is 1. The van der Waals surface area contributed by atoms with Gasteiger partial charge in [0.25, 0.3) is 5.78 Å². The highest BCUT2D eigenvalue weighted by Gasteiger charge is 2.32. The zero-order valence-corrected chi connectivity index (χ0v) is 19.8. The summed E-state index contributed by atoms with van der Waals surface area (Å²) >= 11 is 0. The van der Waals surface area contributed by atoms with E-state index in [1.54, 1.807) is 30.3 Å². The van der Waals surface area contributed by atoms with E-state index in [9.17, 15) is 27.6 Å². The Labute approximate surface area is 199 Å². The van der Waals surface area contributed by atoms with Crippen molar-refractivity contribution in [2.45, 2.75) is 56.4 Å². The predicted octanol–water partition coefficient (Wildman–Crippen LogP) is -0.245. The van der Waals surface area contributed by atoms with Gasteiger partial charge in [-0.15, -0.1) is 0 Å². The summed E-state index contributed by atoms with van der Waals surface area (Å²) in [6.45, 7) is 0.204. The van der Waals surface area contributed by atoms with Gasteiger partial charge >= 0.3 is 5.97 Å². The van der Waals surface area contributed by atoms with Crippen LogP contribution in [0.5, 0.6) is 0 Å². The van der Waals surface area contributed by atoms with Crippen molar-refractivity contribution in [2.24, 2.45) is 5.73 Å². The highest BCUT2D eigenvalue weighted by molar-refractivity contribution is 7.88. The summed E-state index contributed by atoms with van der Waals surface area (Å²) < 4.78 is 27.7. The molecule has 1 fully saturated rings. The number of nitrogens with zero attached hydrogens (tertiary/aromatic N) is 1. The van der Waals surface area contributed by atoms with E-state index in [1.807, 2.05) is 0 Å². The third kappa shape index (κ3) is 8.84. The minimum atomic E-state index is -3.81. The molecule has 0 aromatic heterocycles. The van der Waals surface area contributed by atoms with E-state index in [0.29, 0.717) is 44.2 Å². The van der Waals surface area contributed by atoms with Crippen LogP contribution in [0.1, 0.15) is 44.1 Å². The predicted molar refractivity (Wildman–Crippen MR) is 124 cm³/mol. The number of hydrogen-bond donors (Lipinski definition) is 4. The third-order valence-corrected chi connectivity index (χ3v) is 6.80. The number of hydrogen-bond acceptors (Lipinski definition) is 7. The maximum atomic E-state index is 13.0. The first-order chi connectivity index (χ1) is 16.1. The minimum absolute atomic E-state index is 0.115. The van der Waals surface area contributed by atoms with Crippen LogP contribution in [0.15, 0.2) is 30.3 Å². The topological polar surface area (TPSA) is 176 Å². The van der Waals surface area contributed by atoms with Gasteiger partial charge in [0.05, 0.1) is 18.3 Å². The number of nitrogens with two attached hydrogens (primary N) is 1. The maximum Gasteiger partial charge on any atom is 0.374 e. The van der Waals surface area contributed by atoms with Gasteiger partial charge in [-0.1, -0.05) is 30.3 Å². The molecule has 1 aromatic rings. The van der Waals surface area contributed by atoms with Crippen LogP contribution in [0.25, 0.3) is 0 Å². The zero-order valence-electron chi connectivity index (χ0n) is 18.9. The number of benzene rings is 1. The number of carbonyl (C=O) groups excluding carboxylic acids is 3. The largest absolute Gasteiger partial charge is 0.475 e. The lowest BCUT2D eigenvalue weighted by Crippen LogP contribution is -2.52. The third-order valence-electron chi connectivity index (χ3n) is 5.45. The molecule has 34 heavy (non-hydrogen) atoms. The van der Waals surface area contributed by atoms with Gasteiger partial charge in [0.2, 0.25) is 21.8 Å². The van der Waals surface area contributed by atoms with Crippen LogP contribution < -0.4 is 15.8 Å². The Morgan fingerprint density at radius 3 is 2.50 bits per heavy atom. The Kier molecular flexibility index (Phi) is 10.6. The van der Waals surface area contributed by atoms with Crippen LogP contribution in [-0.2, 0) is 35.0 Å². The first kappa shape index (κ1) is 27.4. The van der Waals surface area contributed by atoms with Crippen molar-refractivity contribution in [1.29, 1.82) is 0 Å². The van der Waals surface area contributed by atoms with Crippen LogP contribution in [0.3, 0.4) is 0 Å². The van der Waals surface area contributed by atoms with Crippen molar-refractivity contribution in [1.82, 2.24) is 14.9 Å². The average Bonchev–Trinajstić information content (AvgIpc) is 2.94. The van der Waals surface area contributed by atoms with E-state index in [1.165, 1.54) is 4.90 Å². The molecule has 11 nitrogen and oxygen atoms in total. The molecule has 0 saturated carbocycles. The number of likely N-dealkylation sites (tertiary alicyclic amines) is 1. The molecule has 2 rings (SSSR count). The molecule has 5 N–H and O–H groups in total. The van der Waals surface area contributed by atoms with Gasteiger partial charge in [-0.05, 0) is 50.6 Å². The first-order valence-corrected chi connectivity index (χ1v) is 12.9. The quantitative estimate of drug-likeness (QED) is 0.213. The standard InChI is InChI=1S/C22H32N4O7S/c23-12-6-4-10-17(20(28)22(30)31)24-19(27)14-26-13-7-5-11-18(21(26)29)25-34(32,33)15-16-8-2-1-3-9-16/h1-3,8-9,17-18,25H,4-7,10-15,23H2,(H,24,27)(H,30,31)/t17-,18-/m0/s1. The number of carboxylic acid groups (broad SMARTS) is 1. The summed E-state index contributed by atoms with van der Waals surface area (Å²) in [5.41, 5.74) is 6.00. The summed E-state index contributed by atoms with van der Waals surface area (Å²) in [5.74, 6) is -4.29. The number of aliphatic carboxylic acids is 1. The molecular formula is C22H32N4O7S. The van der Waals surface area contributed by atoms with Crippen molar-refractivity contribution in [3.63, 3.8) is 0 Å². The molecule has 1 heterocycles. The Morgan fingerprint density at radius 2 is 1.85 bits per heavy atom. The van der Waals surface area contributed by atoms with Crippen molar-refractivity contribution < 1.29 is 32.7 Å². The van der Waals surface area contributed by atoms with Crippen molar-refractivity contribution >= 4 is 33.6 Å². The Bertz CT molecular complexity index is 969. The van der Waals surface area contributed by atoms with Gasteiger partial charge < -0.3 is 21.1 Å². The Hall–Kier alpha value is -2.83. The fourth-order valence-electron chi connectivity index (χ4n) is 3.75. The van der Waals surface area contributed by atoms with Crippen molar-refractivity contribution in [3.05, 3.63) is 35.9 Å². The number of carboxylic acids is 1. The van der Waals surface area contributed by atoms with Gasteiger partial charge in [0.15, 0.2) is 0 Å². The molecule has 2 amide bonds. The number of nitrogens with one attached hydrogen (secondary N) is 2. The van der Waals surface area contributed by atoms with Crippen molar-refractivity contribution in [3.8, 4) is 0 Å². The van der Waals surface area contributed by atoms with E-state index in [4.69, 9.17) is 10.8 Å². The Balaban J connectivity index is 2.02. The first-order valence-electron chi connectivity index (χ1n) is 11.2. The Morgan fingerprint density at radius 1 is 1.15 bits per heavy atom. The molecule has 0 spiro atoms. The SMILES string of the molecule is NCCCC[C@H](NC(=O)CN1CCCC[C@H](NS(=O)(=O)Cc2ccccc2)C1=O)C(=O)C(=O)O. The fraction of sp³-hybridized carbons (Fsp3) is 0.545. The number of sulfonamides is 1. The van der Waals surface area contributed by atoms with E-state index < -0.39 is 52.2 Å². The normalized spacial score (nSPS) is 17.6. The summed E-state index contributed by atoms with van der Waals surface area (Å²) in [7, 11) is -3.81. The molecule has 0 radical (unpaired) electrons. The van der Waals surface area contributed by atoms with E-state index in [2.05, 4.69) is 10.0 Å². The number of rotatable bonds is 13. The molecule has 1 saturated heterocycles. The summed E-state index contributed by atoms with van der Waals surface area (Å²) in [6.07, 6.45) is 2.59.